The summed E-state index contributed by atoms with van der Waals surface area (Å²) < 4.78 is 6.10. The van der Waals surface area contributed by atoms with E-state index in [-0.39, 0.29) is 24.1 Å². The van der Waals surface area contributed by atoms with Gasteiger partial charge >= 0.3 is 6.09 Å². The Morgan fingerprint density at radius 1 is 1.15 bits per heavy atom. The number of H-pyrrole nitrogens is 1. The number of alkyl halides is 1. The van der Waals surface area contributed by atoms with Crippen molar-refractivity contribution in [1.82, 2.24) is 19.8 Å². The number of terminal acetylenes is 1. The van der Waals surface area contributed by atoms with Crippen molar-refractivity contribution in [2.24, 2.45) is 4.99 Å². The van der Waals surface area contributed by atoms with Crippen molar-refractivity contribution in [3.05, 3.63) is 53.0 Å². The molecule has 0 spiro atoms. The van der Waals surface area contributed by atoms with Crippen molar-refractivity contribution in [3.8, 4) is 12.3 Å². The molecule has 1 unspecified atom stereocenters. The van der Waals surface area contributed by atoms with Gasteiger partial charge in [0.15, 0.2) is 0 Å². The summed E-state index contributed by atoms with van der Waals surface area (Å²) in [5.41, 5.74) is 5.79. The van der Waals surface area contributed by atoms with E-state index in [0.29, 0.717) is 10.5 Å². The van der Waals surface area contributed by atoms with E-state index in [0.717, 1.165) is 73.2 Å². The van der Waals surface area contributed by atoms with Gasteiger partial charge in [-0.15, -0.1) is 6.42 Å². The van der Waals surface area contributed by atoms with E-state index in [2.05, 4.69) is 50.6 Å². The van der Waals surface area contributed by atoms with Crippen LogP contribution < -0.4 is 0 Å². The van der Waals surface area contributed by atoms with Gasteiger partial charge in [-0.3, -0.25) is 14.7 Å². The van der Waals surface area contributed by atoms with E-state index < -0.39 is 5.60 Å². The second-order valence-electron chi connectivity index (χ2n) is 12.0. The fourth-order valence-electron chi connectivity index (χ4n) is 5.93. The highest BCUT2D eigenvalue weighted by Crippen LogP contribution is 2.35. The van der Waals surface area contributed by atoms with E-state index in [1.54, 1.807) is 11.8 Å². The van der Waals surface area contributed by atoms with Crippen LogP contribution in [-0.4, -0.2) is 66.1 Å². The molecule has 2 fully saturated rings. The summed E-state index contributed by atoms with van der Waals surface area (Å²) in [5.74, 6) is 3.59. The number of halogens is 1. The smallest absolute Gasteiger partial charge is 0.410 e. The van der Waals surface area contributed by atoms with Gasteiger partial charge in [0.1, 0.15) is 11.4 Å². The van der Waals surface area contributed by atoms with Crippen LogP contribution in [0.15, 0.2) is 46.6 Å². The van der Waals surface area contributed by atoms with Crippen molar-refractivity contribution in [1.29, 1.82) is 0 Å². The van der Waals surface area contributed by atoms with Gasteiger partial charge in [0, 0.05) is 41.6 Å². The zero-order valence-corrected chi connectivity index (χ0v) is 26.4. The average molecular weight is 668 g/mol. The van der Waals surface area contributed by atoms with Gasteiger partial charge in [0.2, 0.25) is 5.91 Å². The monoisotopic (exact) mass is 667 g/mol. The zero-order valence-electron chi connectivity index (χ0n) is 24.2. The molecule has 2 aromatic rings. The van der Waals surface area contributed by atoms with Crippen molar-refractivity contribution < 1.29 is 14.3 Å². The molecule has 1 aromatic heterocycles. The van der Waals surface area contributed by atoms with Crippen LogP contribution in [0.1, 0.15) is 83.6 Å². The van der Waals surface area contributed by atoms with Crippen LogP contribution in [0.4, 0.5) is 4.79 Å². The Kier molecular flexibility index (Phi) is 8.60. The first-order chi connectivity index (χ1) is 19.5. The number of benzene rings is 1. The summed E-state index contributed by atoms with van der Waals surface area (Å²) in [5, 5.41) is 0. The number of aromatic nitrogens is 2. The first-order valence-electron chi connectivity index (χ1n) is 14.4. The Hall–Kier alpha value is -3.13. The number of fused-ring (bicyclic) bond motifs is 2. The first kappa shape index (κ1) is 29.4. The molecule has 0 radical (unpaired) electrons. The summed E-state index contributed by atoms with van der Waals surface area (Å²) >= 11 is 2.47. The molecule has 41 heavy (non-hydrogen) atoms. The van der Waals surface area contributed by atoms with Crippen LogP contribution >= 0.6 is 22.6 Å². The molecule has 6 rings (SSSR count). The Labute approximate surface area is 255 Å². The number of rotatable bonds is 2. The molecule has 3 atom stereocenters. The SMILES string of the molecule is C#Cc1ccc2nc([C@@H]3CCCN3C(=O)OC(C)(C)C)[nH]c2c1.CC(=O)N1CCC[C@H]1C1=NC2=CCC(I)C=C2C1. The van der Waals surface area contributed by atoms with E-state index >= 15 is 0 Å². The lowest BCUT2D eigenvalue weighted by Crippen LogP contribution is -2.38. The number of nitrogens with one attached hydrogen (secondary N) is 1. The average Bonchev–Trinajstić information content (AvgIpc) is 3.71. The molecule has 9 heteroatoms. The summed E-state index contributed by atoms with van der Waals surface area (Å²) in [6, 6.07) is 5.84. The topological polar surface area (TPSA) is 90.9 Å². The number of aliphatic imine (C=N–C) groups is 1. The van der Waals surface area contributed by atoms with Gasteiger partial charge in [0.05, 0.1) is 28.8 Å². The predicted octanol–water partition coefficient (Wildman–Crippen LogP) is 6.48. The zero-order chi connectivity index (χ0) is 29.3. The molecule has 216 valence electrons. The van der Waals surface area contributed by atoms with Crippen LogP contribution in [0, 0.1) is 12.3 Å². The van der Waals surface area contributed by atoms with Crippen LogP contribution in [-0.2, 0) is 9.53 Å². The maximum Gasteiger partial charge on any atom is 0.410 e. The minimum absolute atomic E-state index is 0.0773. The van der Waals surface area contributed by atoms with Gasteiger partial charge < -0.3 is 14.6 Å². The van der Waals surface area contributed by atoms with Crippen LogP contribution in [0.3, 0.4) is 0 Å². The Bertz CT molecular complexity index is 1470. The fraction of sp³-hybridized carbons (Fsp3) is 0.500. The summed E-state index contributed by atoms with van der Waals surface area (Å²) in [4.78, 5) is 40.5. The predicted molar refractivity (Wildman–Crippen MR) is 170 cm³/mol. The highest BCUT2D eigenvalue weighted by Gasteiger charge is 2.36. The third kappa shape index (κ3) is 6.69. The molecule has 0 saturated carbocycles. The summed E-state index contributed by atoms with van der Waals surface area (Å²) in [7, 11) is 0. The van der Waals surface area contributed by atoms with Gasteiger partial charge in [-0.2, -0.15) is 0 Å². The van der Waals surface area contributed by atoms with E-state index in [1.807, 2.05) is 43.9 Å². The van der Waals surface area contributed by atoms with Gasteiger partial charge in [0.25, 0.3) is 0 Å². The standard InChI is InChI=1S/C18H21N3O2.C14H17IN2O/c1-5-12-8-9-13-14(11-12)20-16(19-13)15-7-6-10-21(15)17(22)23-18(2,3)4;1-9(18)17-6-2-3-14(17)13-8-10-7-11(15)4-5-12(10)16-13/h1,8-9,11,15H,6-7,10H2,2-4H3,(H,19,20);5,7,11,14H,2-4,6,8H2,1H3/t15-;11?,14-/m00/s1. The highest BCUT2D eigenvalue weighted by molar-refractivity contribution is 14.1. The van der Waals surface area contributed by atoms with E-state index in [1.165, 1.54) is 11.3 Å². The molecular formula is C32H38IN5O3. The lowest BCUT2D eigenvalue weighted by atomic mass is 9.99. The molecule has 2 amide bonds. The van der Waals surface area contributed by atoms with Crippen LogP contribution in [0.25, 0.3) is 11.0 Å². The van der Waals surface area contributed by atoms with E-state index in [9.17, 15) is 9.59 Å². The summed E-state index contributed by atoms with van der Waals surface area (Å²) in [6.07, 6.45) is 15.8. The number of carbonyl (C=O) groups is 2. The molecule has 0 bridgehead atoms. The third-order valence-electron chi connectivity index (χ3n) is 7.79. The number of allylic oxidation sites excluding steroid dienone is 3. The Morgan fingerprint density at radius 3 is 2.59 bits per heavy atom. The third-order valence-corrected chi connectivity index (χ3v) is 8.66. The molecular weight excluding hydrogens is 629 g/mol. The van der Waals surface area contributed by atoms with Crippen LogP contribution in [0.5, 0.6) is 0 Å². The number of carbonyl (C=O) groups excluding carboxylic acids is 2. The van der Waals surface area contributed by atoms with Gasteiger partial charge in [-0.25, -0.2) is 9.78 Å². The minimum atomic E-state index is -0.500. The molecule has 2 saturated heterocycles. The van der Waals surface area contributed by atoms with Gasteiger partial charge in [-0.05, 0) is 76.6 Å². The van der Waals surface area contributed by atoms with Crippen LogP contribution in [0.2, 0.25) is 0 Å². The lowest BCUT2D eigenvalue weighted by Gasteiger charge is -2.27. The molecule has 1 aromatic carbocycles. The fourth-order valence-corrected chi connectivity index (χ4v) is 6.62. The Morgan fingerprint density at radius 2 is 1.88 bits per heavy atom. The minimum Gasteiger partial charge on any atom is -0.444 e. The number of nitrogens with zero attached hydrogens (tertiary/aromatic N) is 4. The molecule has 1 N–H and O–H groups in total. The highest BCUT2D eigenvalue weighted by atomic mass is 127. The van der Waals surface area contributed by atoms with Crippen molar-refractivity contribution in [3.63, 3.8) is 0 Å². The maximum atomic E-state index is 12.4. The normalized spacial score (nSPS) is 23.7. The van der Waals surface area contributed by atoms with Crippen molar-refractivity contribution in [2.45, 2.75) is 87.8 Å². The van der Waals surface area contributed by atoms with Crippen molar-refractivity contribution in [2.75, 3.05) is 13.1 Å². The number of amides is 2. The van der Waals surface area contributed by atoms with E-state index in [4.69, 9.17) is 16.2 Å². The number of likely N-dealkylation sites (tertiary alicyclic amines) is 2. The van der Waals surface area contributed by atoms with Gasteiger partial charge in [-0.1, -0.05) is 40.7 Å². The molecule has 1 aliphatic carbocycles. The number of aromatic amines is 1. The molecule has 8 nitrogen and oxygen atoms in total. The quantitative estimate of drug-likeness (QED) is 0.226. The summed E-state index contributed by atoms with van der Waals surface area (Å²) in [6.45, 7) is 8.87. The molecule has 3 aliphatic heterocycles. The molecule has 4 aliphatic rings. The number of hydrogen-bond donors (Lipinski definition) is 1. The number of ether oxygens (including phenoxy) is 1. The lowest BCUT2D eigenvalue weighted by molar-refractivity contribution is -0.128. The second kappa shape index (κ2) is 12.0. The largest absolute Gasteiger partial charge is 0.444 e. The maximum absolute atomic E-state index is 12.4. The number of imidazole rings is 1. The second-order valence-corrected chi connectivity index (χ2v) is 13.6. The van der Waals surface area contributed by atoms with Crippen molar-refractivity contribution >= 4 is 51.3 Å². The Balaban J connectivity index is 0.000000169. The molecule has 4 heterocycles. The first-order valence-corrected chi connectivity index (χ1v) is 15.6. The number of hydrogen-bond acceptors (Lipinski definition) is 5.